The van der Waals surface area contributed by atoms with Crippen LogP contribution in [0.5, 0.6) is 0 Å². The molecule has 0 saturated heterocycles. The molecule has 4 nitrogen and oxygen atoms in total. The molecule has 94 valence electrons. The van der Waals surface area contributed by atoms with Crippen LogP contribution in [-0.4, -0.2) is 34.6 Å². The summed E-state index contributed by atoms with van der Waals surface area (Å²) in [5.41, 5.74) is 0.782. The normalized spacial score (nSPS) is 12.7. The molecule has 0 amide bonds. The molecule has 5 heteroatoms. The highest BCUT2D eigenvalue weighted by molar-refractivity contribution is 5.66. The van der Waals surface area contributed by atoms with Crippen molar-refractivity contribution in [3.8, 4) is 0 Å². The Morgan fingerprint density at radius 2 is 2.29 bits per heavy atom. The highest BCUT2D eigenvalue weighted by Gasteiger charge is 2.12. The number of carboxylic acid groups (broad SMARTS) is 1. The summed E-state index contributed by atoms with van der Waals surface area (Å²) in [6.45, 7) is 2.63. The predicted octanol–water partition coefficient (Wildman–Crippen LogP) is 2.08. The van der Waals surface area contributed by atoms with E-state index in [-0.39, 0.29) is 18.3 Å². The molecule has 1 rings (SSSR count). The molecule has 0 radical (unpaired) electrons. The van der Waals surface area contributed by atoms with Crippen molar-refractivity contribution >= 4 is 5.97 Å². The van der Waals surface area contributed by atoms with Crippen LogP contribution in [0.3, 0.4) is 0 Å². The van der Waals surface area contributed by atoms with E-state index < -0.39 is 5.97 Å². The lowest BCUT2D eigenvalue weighted by molar-refractivity contribution is -0.137. The van der Waals surface area contributed by atoms with Gasteiger partial charge in [0.05, 0.1) is 11.9 Å². The fraction of sp³-hybridized carbons (Fsp3) is 0.500. The van der Waals surface area contributed by atoms with E-state index in [1.165, 1.54) is 12.3 Å². The minimum absolute atomic E-state index is 0.0457. The second-order valence-electron chi connectivity index (χ2n) is 4.06. The Hall–Kier alpha value is -1.49. The molecule has 17 heavy (non-hydrogen) atoms. The minimum Gasteiger partial charge on any atom is -0.481 e. The van der Waals surface area contributed by atoms with Crippen molar-refractivity contribution in [2.75, 3.05) is 13.6 Å². The Labute approximate surface area is 100 Å². The van der Waals surface area contributed by atoms with Gasteiger partial charge in [0, 0.05) is 12.5 Å². The third kappa shape index (κ3) is 4.48. The summed E-state index contributed by atoms with van der Waals surface area (Å²) in [5, 5.41) is 8.54. The molecular formula is C12H17FN2O2. The number of carbonyl (C=O) groups is 1. The Balaban J connectivity index is 2.48. The number of nitrogens with zero attached hydrogens (tertiary/aromatic N) is 2. The highest BCUT2D eigenvalue weighted by Crippen LogP contribution is 2.16. The fourth-order valence-electron chi connectivity index (χ4n) is 1.53. The van der Waals surface area contributed by atoms with E-state index >= 15 is 0 Å². The number of rotatable bonds is 6. The van der Waals surface area contributed by atoms with Gasteiger partial charge < -0.3 is 5.11 Å². The van der Waals surface area contributed by atoms with Crippen LogP contribution in [0.15, 0.2) is 18.3 Å². The van der Waals surface area contributed by atoms with Gasteiger partial charge in [-0.15, -0.1) is 0 Å². The summed E-state index contributed by atoms with van der Waals surface area (Å²) in [4.78, 5) is 16.4. The van der Waals surface area contributed by atoms with E-state index in [4.69, 9.17) is 5.11 Å². The molecule has 0 aliphatic rings. The topological polar surface area (TPSA) is 53.4 Å². The summed E-state index contributed by atoms with van der Waals surface area (Å²) in [5.74, 6) is -1.14. The van der Waals surface area contributed by atoms with Crippen molar-refractivity contribution in [1.29, 1.82) is 0 Å². The zero-order valence-electron chi connectivity index (χ0n) is 10.1. The van der Waals surface area contributed by atoms with E-state index in [0.29, 0.717) is 13.0 Å². The monoisotopic (exact) mass is 240 g/mol. The smallest absolute Gasteiger partial charge is 0.303 e. The maximum absolute atomic E-state index is 12.7. The van der Waals surface area contributed by atoms with Gasteiger partial charge in [-0.25, -0.2) is 4.39 Å². The van der Waals surface area contributed by atoms with Gasteiger partial charge in [0.2, 0.25) is 0 Å². The van der Waals surface area contributed by atoms with Crippen molar-refractivity contribution in [2.24, 2.45) is 0 Å². The number of aliphatic carboxylic acids is 1. The average molecular weight is 240 g/mol. The van der Waals surface area contributed by atoms with Crippen molar-refractivity contribution in [3.05, 3.63) is 29.8 Å². The summed E-state index contributed by atoms with van der Waals surface area (Å²) >= 11 is 0. The molecule has 1 aromatic rings. The molecule has 0 saturated carbocycles. The summed E-state index contributed by atoms with van der Waals surface area (Å²) in [7, 11) is 1.90. The SMILES string of the molecule is CC(c1ccc(F)cn1)N(C)CCCC(=O)O. The predicted molar refractivity (Wildman–Crippen MR) is 62.1 cm³/mol. The summed E-state index contributed by atoms with van der Waals surface area (Å²) in [6.07, 6.45) is 1.95. The third-order valence-electron chi connectivity index (χ3n) is 2.74. The lowest BCUT2D eigenvalue weighted by atomic mass is 10.2. The zero-order chi connectivity index (χ0) is 12.8. The van der Waals surface area contributed by atoms with Crippen molar-refractivity contribution in [1.82, 2.24) is 9.88 Å². The molecule has 1 atom stereocenters. The van der Waals surface area contributed by atoms with Crippen LogP contribution in [0, 0.1) is 5.82 Å². The van der Waals surface area contributed by atoms with Crippen LogP contribution in [0.4, 0.5) is 4.39 Å². The van der Waals surface area contributed by atoms with Gasteiger partial charge in [0.25, 0.3) is 0 Å². The Kier molecular flexibility index (Phi) is 5.03. The Bertz CT molecular complexity index is 367. The number of halogens is 1. The van der Waals surface area contributed by atoms with Gasteiger partial charge in [-0.2, -0.15) is 0 Å². The van der Waals surface area contributed by atoms with Crippen LogP contribution >= 0.6 is 0 Å². The molecule has 0 aliphatic heterocycles. The van der Waals surface area contributed by atoms with Gasteiger partial charge in [0.1, 0.15) is 5.82 Å². The quantitative estimate of drug-likeness (QED) is 0.827. The largest absolute Gasteiger partial charge is 0.481 e. The molecule has 0 fully saturated rings. The lowest BCUT2D eigenvalue weighted by Gasteiger charge is -2.23. The number of pyridine rings is 1. The van der Waals surface area contributed by atoms with E-state index in [1.54, 1.807) is 6.07 Å². The van der Waals surface area contributed by atoms with E-state index in [1.807, 2.05) is 18.9 Å². The standard InChI is InChI=1S/C12H17FN2O2/c1-9(11-6-5-10(13)8-14-11)15(2)7-3-4-12(16)17/h5-6,8-9H,3-4,7H2,1-2H3,(H,16,17). The number of aromatic nitrogens is 1. The van der Waals surface area contributed by atoms with Crippen LogP contribution < -0.4 is 0 Å². The van der Waals surface area contributed by atoms with Gasteiger partial charge in [-0.05, 0) is 39.1 Å². The van der Waals surface area contributed by atoms with Gasteiger partial charge in [-0.1, -0.05) is 0 Å². The van der Waals surface area contributed by atoms with Crippen LogP contribution in [0.25, 0.3) is 0 Å². The zero-order valence-corrected chi connectivity index (χ0v) is 10.1. The lowest BCUT2D eigenvalue weighted by Crippen LogP contribution is -2.24. The van der Waals surface area contributed by atoms with Crippen LogP contribution in [0.2, 0.25) is 0 Å². The Morgan fingerprint density at radius 1 is 1.59 bits per heavy atom. The first-order chi connectivity index (χ1) is 8.00. The van der Waals surface area contributed by atoms with Gasteiger partial charge >= 0.3 is 5.97 Å². The minimum atomic E-state index is -0.786. The first-order valence-electron chi connectivity index (χ1n) is 5.54. The number of hydrogen-bond donors (Lipinski definition) is 1. The first-order valence-corrected chi connectivity index (χ1v) is 5.54. The molecular weight excluding hydrogens is 223 g/mol. The molecule has 1 N–H and O–H groups in total. The van der Waals surface area contributed by atoms with Crippen molar-refractivity contribution in [3.63, 3.8) is 0 Å². The molecule has 1 unspecified atom stereocenters. The van der Waals surface area contributed by atoms with Crippen molar-refractivity contribution in [2.45, 2.75) is 25.8 Å². The van der Waals surface area contributed by atoms with E-state index in [0.717, 1.165) is 5.69 Å². The van der Waals surface area contributed by atoms with Crippen LogP contribution in [-0.2, 0) is 4.79 Å². The van der Waals surface area contributed by atoms with E-state index in [9.17, 15) is 9.18 Å². The van der Waals surface area contributed by atoms with Crippen molar-refractivity contribution < 1.29 is 14.3 Å². The van der Waals surface area contributed by atoms with Crippen LogP contribution in [0.1, 0.15) is 31.5 Å². The maximum Gasteiger partial charge on any atom is 0.303 e. The van der Waals surface area contributed by atoms with E-state index in [2.05, 4.69) is 4.98 Å². The molecule has 0 aromatic carbocycles. The summed E-state index contributed by atoms with van der Waals surface area (Å²) in [6, 6.07) is 3.07. The molecule has 0 spiro atoms. The summed E-state index contributed by atoms with van der Waals surface area (Å²) < 4.78 is 12.7. The molecule has 1 aromatic heterocycles. The second kappa shape index (κ2) is 6.30. The fourth-order valence-corrected chi connectivity index (χ4v) is 1.53. The number of hydrogen-bond acceptors (Lipinski definition) is 3. The highest BCUT2D eigenvalue weighted by atomic mass is 19.1. The Morgan fingerprint density at radius 3 is 2.82 bits per heavy atom. The molecule has 0 bridgehead atoms. The first kappa shape index (κ1) is 13.6. The van der Waals surface area contributed by atoms with Gasteiger partial charge in [-0.3, -0.25) is 14.7 Å². The second-order valence-corrected chi connectivity index (χ2v) is 4.06. The number of carboxylic acids is 1. The molecule has 1 heterocycles. The average Bonchev–Trinajstić information content (AvgIpc) is 2.28. The third-order valence-corrected chi connectivity index (χ3v) is 2.74. The molecule has 0 aliphatic carbocycles. The van der Waals surface area contributed by atoms with Gasteiger partial charge in [0.15, 0.2) is 0 Å². The maximum atomic E-state index is 12.7.